The number of carboxylic acids is 2. The maximum atomic E-state index is 14.1. The summed E-state index contributed by atoms with van der Waals surface area (Å²) in [5, 5.41) is 19.6. The molecule has 2 N–H and O–H groups in total. The lowest BCUT2D eigenvalue weighted by Gasteiger charge is -2.38. The first kappa shape index (κ1) is 20.6. The third kappa shape index (κ3) is 3.25. The molecule has 1 aromatic rings. The van der Waals surface area contributed by atoms with Crippen molar-refractivity contribution in [2.24, 2.45) is 11.3 Å². The number of alkyl halides is 3. The first-order chi connectivity index (χ1) is 12.9. The van der Waals surface area contributed by atoms with Crippen molar-refractivity contribution >= 4 is 27.9 Å². The molecule has 2 unspecified atom stereocenters. The van der Waals surface area contributed by atoms with E-state index >= 15 is 0 Å². The Balaban J connectivity index is 2.37. The zero-order chi connectivity index (χ0) is 21.0. The molecule has 150 valence electrons. The summed E-state index contributed by atoms with van der Waals surface area (Å²) < 4.78 is 54.9. The van der Waals surface area contributed by atoms with E-state index in [0.717, 1.165) is 31.9 Å². The van der Waals surface area contributed by atoms with Crippen LogP contribution in [0, 0.1) is 17.2 Å². The van der Waals surface area contributed by atoms with Gasteiger partial charge in [0.15, 0.2) is 0 Å². The highest BCUT2D eigenvalue weighted by molar-refractivity contribution is 9.12. The molecule has 4 nitrogen and oxygen atoms in total. The Bertz CT molecular complexity index is 930. The zero-order valence-corrected chi connectivity index (χ0v) is 16.1. The lowest BCUT2D eigenvalue weighted by Crippen LogP contribution is -2.39. The van der Waals surface area contributed by atoms with Crippen LogP contribution in [-0.2, 0) is 15.8 Å². The Morgan fingerprint density at radius 1 is 1.21 bits per heavy atom. The second-order valence-corrected chi connectivity index (χ2v) is 7.92. The van der Waals surface area contributed by atoms with Gasteiger partial charge in [-0.3, -0.25) is 4.79 Å². The fourth-order valence-electron chi connectivity index (χ4n) is 3.70. The van der Waals surface area contributed by atoms with Crippen molar-refractivity contribution in [1.29, 1.82) is 0 Å². The summed E-state index contributed by atoms with van der Waals surface area (Å²) >= 11 is 3.16. The van der Waals surface area contributed by atoms with Crippen LogP contribution in [0.3, 0.4) is 0 Å². The number of hydrogen-bond acceptors (Lipinski definition) is 2. The molecular weight excluding hydrogens is 448 g/mol. The third-order valence-corrected chi connectivity index (χ3v) is 6.07. The van der Waals surface area contributed by atoms with Crippen LogP contribution >= 0.6 is 15.9 Å². The van der Waals surface area contributed by atoms with Crippen LogP contribution < -0.4 is 0 Å². The number of allylic oxidation sites excluding steroid dienone is 2. The highest BCUT2D eigenvalue weighted by atomic mass is 79.9. The Morgan fingerprint density at radius 3 is 2.29 bits per heavy atom. The fourth-order valence-corrected chi connectivity index (χ4v) is 4.54. The van der Waals surface area contributed by atoms with Gasteiger partial charge in [0, 0.05) is 10.4 Å². The Kier molecular flexibility index (Phi) is 4.94. The van der Waals surface area contributed by atoms with E-state index in [-0.39, 0.29) is 10.4 Å². The third-order valence-electron chi connectivity index (χ3n) is 5.18. The Morgan fingerprint density at radius 2 is 1.82 bits per heavy atom. The molecule has 2 aliphatic rings. The quantitative estimate of drug-likeness (QED) is 0.610. The zero-order valence-electron chi connectivity index (χ0n) is 14.5. The largest absolute Gasteiger partial charge is 0.481 e. The van der Waals surface area contributed by atoms with Gasteiger partial charge in [0.1, 0.15) is 5.82 Å². The Labute approximate surface area is 165 Å². The molecule has 1 saturated carbocycles. The predicted octanol–water partition coefficient (Wildman–Crippen LogP) is 5.10. The van der Waals surface area contributed by atoms with E-state index in [1.54, 1.807) is 0 Å². The molecular formula is C19H15BrF4O4. The highest BCUT2D eigenvalue weighted by Crippen LogP contribution is 2.56. The normalized spacial score (nSPS) is 25.5. The summed E-state index contributed by atoms with van der Waals surface area (Å²) in [4.78, 5) is 24.1. The summed E-state index contributed by atoms with van der Waals surface area (Å²) in [6.07, 6.45) is -2.38. The molecule has 2 aliphatic carbocycles. The van der Waals surface area contributed by atoms with E-state index in [1.807, 2.05) is 0 Å². The van der Waals surface area contributed by atoms with Crippen LogP contribution in [0.4, 0.5) is 17.6 Å². The van der Waals surface area contributed by atoms with Crippen LogP contribution in [0.5, 0.6) is 0 Å². The van der Waals surface area contributed by atoms with Gasteiger partial charge >= 0.3 is 18.1 Å². The van der Waals surface area contributed by atoms with Crippen LogP contribution in [0.25, 0.3) is 0 Å². The lowest BCUT2D eigenvalue weighted by atomic mass is 9.64. The minimum Gasteiger partial charge on any atom is -0.481 e. The number of benzene rings is 1. The first-order valence-electron chi connectivity index (χ1n) is 8.34. The van der Waals surface area contributed by atoms with Crippen molar-refractivity contribution in [3.05, 3.63) is 56.8 Å². The molecule has 1 fully saturated rings. The van der Waals surface area contributed by atoms with Gasteiger partial charge in [-0.25, -0.2) is 9.18 Å². The molecule has 1 aromatic carbocycles. The van der Waals surface area contributed by atoms with Crippen LogP contribution in [0.2, 0.25) is 0 Å². The van der Waals surface area contributed by atoms with Gasteiger partial charge in [-0.15, -0.1) is 0 Å². The molecule has 0 heterocycles. The molecule has 2 atom stereocenters. The van der Waals surface area contributed by atoms with E-state index in [0.29, 0.717) is 11.6 Å². The summed E-state index contributed by atoms with van der Waals surface area (Å²) in [6.45, 7) is 1.16. The van der Waals surface area contributed by atoms with E-state index < -0.39 is 52.0 Å². The summed E-state index contributed by atoms with van der Waals surface area (Å²) in [5.41, 5.74) is -4.46. The molecule has 0 aromatic heterocycles. The molecule has 0 bridgehead atoms. The number of hydrogen-bond donors (Lipinski definition) is 2. The molecule has 0 amide bonds. The highest BCUT2D eigenvalue weighted by Gasteiger charge is 2.53. The molecule has 3 rings (SSSR count). The van der Waals surface area contributed by atoms with Crippen molar-refractivity contribution in [3.63, 3.8) is 0 Å². The average Bonchev–Trinajstić information content (AvgIpc) is 3.39. The van der Waals surface area contributed by atoms with Crippen molar-refractivity contribution in [2.75, 3.05) is 0 Å². The summed E-state index contributed by atoms with van der Waals surface area (Å²) in [6, 6.07) is 2.55. The standard InChI is InChI=1S/C19H15BrF4O4/c1-18(17(27)28)7-10(8-5-6-8)15(20)12(16(25)26)14(18)9-3-2-4-11(21)13(9)19(22,23)24/h2-4,7-8,14H,5-6H2,1H3,(H,25,26)(H,27,28). The smallest absolute Gasteiger partial charge is 0.419 e. The van der Waals surface area contributed by atoms with E-state index in [9.17, 15) is 37.4 Å². The van der Waals surface area contributed by atoms with E-state index in [1.165, 1.54) is 6.08 Å². The summed E-state index contributed by atoms with van der Waals surface area (Å²) in [7, 11) is 0. The van der Waals surface area contributed by atoms with Crippen LogP contribution in [0.15, 0.2) is 39.9 Å². The van der Waals surface area contributed by atoms with Crippen molar-refractivity contribution in [2.45, 2.75) is 31.9 Å². The molecule has 28 heavy (non-hydrogen) atoms. The van der Waals surface area contributed by atoms with Crippen molar-refractivity contribution in [1.82, 2.24) is 0 Å². The van der Waals surface area contributed by atoms with Crippen molar-refractivity contribution in [3.8, 4) is 0 Å². The van der Waals surface area contributed by atoms with Gasteiger partial charge in [0.2, 0.25) is 0 Å². The van der Waals surface area contributed by atoms with Crippen LogP contribution in [0.1, 0.15) is 36.8 Å². The average molecular weight is 463 g/mol. The maximum absolute atomic E-state index is 14.1. The van der Waals surface area contributed by atoms with Gasteiger partial charge in [-0.05, 0) is 58.8 Å². The number of aliphatic carboxylic acids is 2. The SMILES string of the molecule is CC1(C(=O)O)C=C(C2CC2)C(Br)=C(C(=O)O)C1c1cccc(F)c1C(F)(F)F. The summed E-state index contributed by atoms with van der Waals surface area (Å²) in [5.74, 6) is -6.44. The monoisotopic (exact) mass is 462 g/mol. The van der Waals surface area contributed by atoms with E-state index in [4.69, 9.17) is 0 Å². The second-order valence-electron chi connectivity index (χ2n) is 7.13. The van der Waals surface area contributed by atoms with Crippen LogP contribution in [-0.4, -0.2) is 22.2 Å². The van der Waals surface area contributed by atoms with Gasteiger partial charge in [-0.2, -0.15) is 13.2 Å². The van der Waals surface area contributed by atoms with Gasteiger partial charge in [-0.1, -0.05) is 18.2 Å². The number of rotatable bonds is 4. The van der Waals surface area contributed by atoms with Crippen molar-refractivity contribution < 1.29 is 37.4 Å². The van der Waals surface area contributed by atoms with E-state index in [2.05, 4.69) is 15.9 Å². The topological polar surface area (TPSA) is 74.6 Å². The predicted molar refractivity (Wildman–Crippen MR) is 94.3 cm³/mol. The number of carboxylic acid groups (broad SMARTS) is 2. The Hall–Kier alpha value is -2.16. The van der Waals surface area contributed by atoms with Gasteiger partial charge in [0.25, 0.3) is 0 Å². The lowest BCUT2D eigenvalue weighted by molar-refractivity contribution is -0.148. The first-order valence-corrected chi connectivity index (χ1v) is 9.14. The molecule has 0 spiro atoms. The maximum Gasteiger partial charge on any atom is 0.419 e. The molecule has 0 saturated heterocycles. The molecule has 0 radical (unpaired) electrons. The number of carbonyl (C=O) groups is 2. The minimum atomic E-state index is -5.13. The van der Waals surface area contributed by atoms with Gasteiger partial charge in [0.05, 0.1) is 16.6 Å². The molecule has 0 aliphatic heterocycles. The molecule has 9 heteroatoms. The minimum absolute atomic E-state index is 0.0575. The van der Waals surface area contributed by atoms with Gasteiger partial charge < -0.3 is 10.2 Å². The number of halogens is 5. The second kappa shape index (κ2) is 6.72. The fraction of sp³-hybridized carbons (Fsp3) is 0.368.